The van der Waals surface area contributed by atoms with Gasteiger partial charge in [0.2, 0.25) is 5.91 Å². The fourth-order valence-electron chi connectivity index (χ4n) is 4.59. The van der Waals surface area contributed by atoms with Gasteiger partial charge in [0.25, 0.3) is 5.91 Å². The fourth-order valence-corrected chi connectivity index (χ4v) is 4.59. The van der Waals surface area contributed by atoms with E-state index >= 15 is 0 Å². The lowest BCUT2D eigenvalue weighted by molar-refractivity contribution is -0.141. The monoisotopic (exact) mass is 537 g/mol. The Morgan fingerprint density at radius 1 is 0.923 bits per heavy atom. The zero-order chi connectivity index (χ0) is 29.3. The quantitative estimate of drug-likeness (QED) is 0.328. The van der Waals surface area contributed by atoms with Crippen molar-refractivity contribution in [2.75, 3.05) is 11.9 Å². The Bertz CT molecular complexity index is 1120. The topological polar surface area (TPSA) is 87.7 Å². The van der Waals surface area contributed by atoms with Gasteiger partial charge in [-0.2, -0.15) is 0 Å². The Balaban J connectivity index is 2.58. The number of rotatable bonds is 11. The average Bonchev–Trinajstić information content (AvgIpc) is 2.82. The number of hydrogen-bond donors (Lipinski definition) is 2. The van der Waals surface area contributed by atoms with Gasteiger partial charge < -0.3 is 20.3 Å². The molecule has 214 valence electrons. The normalized spacial score (nSPS) is 13.0. The molecule has 0 aliphatic heterocycles. The number of nitrogens with zero attached hydrogens (tertiary/aromatic N) is 1. The maximum atomic E-state index is 14.3. The molecule has 0 fully saturated rings. The molecular weight excluding hydrogens is 490 g/mol. The smallest absolute Gasteiger partial charge is 0.408 e. The Morgan fingerprint density at radius 3 is 2.05 bits per heavy atom. The first-order valence-electron chi connectivity index (χ1n) is 14.0. The molecule has 0 aliphatic carbocycles. The summed E-state index contributed by atoms with van der Waals surface area (Å²) in [4.78, 5) is 42.8. The van der Waals surface area contributed by atoms with Crippen LogP contribution < -0.4 is 10.6 Å². The lowest BCUT2D eigenvalue weighted by atomic mass is 9.96. The minimum absolute atomic E-state index is 0.127. The lowest BCUT2D eigenvalue weighted by Crippen LogP contribution is -2.53. The predicted molar refractivity (Wildman–Crippen MR) is 158 cm³/mol. The highest BCUT2D eigenvalue weighted by molar-refractivity contribution is 6.00. The number of benzene rings is 2. The van der Waals surface area contributed by atoms with E-state index in [1.165, 1.54) is 0 Å². The van der Waals surface area contributed by atoms with E-state index in [9.17, 15) is 14.4 Å². The van der Waals surface area contributed by atoms with Crippen molar-refractivity contribution in [3.63, 3.8) is 0 Å². The second-order valence-corrected chi connectivity index (χ2v) is 11.7. The van der Waals surface area contributed by atoms with Gasteiger partial charge in [-0.15, -0.1) is 0 Å². The van der Waals surface area contributed by atoms with E-state index in [0.29, 0.717) is 19.4 Å². The van der Waals surface area contributed by atoms with Gasteiger partial charge in [0.15, 0.2) is 0 Å². The number of carbonyl (C=O) groups excluding carboxylic acids is 3. The number of amides is 3. The minimum Gasteiger partial charge on any atom is -0.444 e. The van der Waals surface area contributed by atoms with Crippen molar-refractivity contribution in [3.05, 3.63) is 64.7 Å². The SMILES string of the molecule is CCCCN(C(=O)C(CC(C)C)NC(=O)OC(C)(C)C)C(C(=O)Nc1c(C)cccc1C)c1ccccc1C. The van der Waals surface area contributed by atoms with Gasteiger partial charge >= 0.3 is 6.09 Å². The summed E-state index contributed by atoms with van der Waals surface area (Å²) in [5.74, 6) is -0.457. The molecule has 0 aliphatic rings. The van der Waals surface area contributed by atoms with Crippen LogP contribution in [0.25, 0.3) is 0 Å². The van der Waals surface area contributed by atoms with Gasteiger partial charge in [-0.25, -0.2) is 4.79 Å². The number of para-hydroxylation sites is 1. The van der Waals surface area contributed by atoms with Crippen LogP contribution in [0.4, 0.5) is 10.5 Å². The molecule has 2 N–H and O–H groups in total. The number of hydrogen-bond acceptors (Lipinski definition) is 4. The average molecular weight is 538 g/mol. The summed E-state index contributed by atoms with van der Waals surface area (Å²) in [7, 11) is 0. The van der Waals surface area contributed by atoms with Crippen LogP contribution in [0.3, 0.4) is 0 Å². The molecule has 2 rings (SSSR count). The number of unbranched alkanes of at least 4 members (excludes halogenated alkanes) is 1. The largest absolute Gasteiger partial charge is 0.444 e. The van der Waals surface area contributed by atoms with E-state index in [1.807, 2.05) is 84.0 Å². The molecule has 0 spiro atoms. The second-order valence-electron chi connectivity index (χ2n) is 11.7. The van der Waals surface area contributed by atoms with Crippen molar-refractivity contribution in [1.29, 1.82) is 0 Å². The zero-order valence-corrected chi connectivity index (χ0v) is 25.2. The fraction of sp³-hybridized carbons (Fsp3) is 0.531. The molecule has 0 saturated carbocycles. The first-order chi connectivity index (χ1) is 18.2. The van der Waals surface area contributed by atoms with Crippen LogP contribution in [0, 0.1) is 26.7 Å². The third-order valence-corrected chi connectivity index (χ3v) is 6.50. The maximum absolute atomic E-state index is 14.3. The highest BCUT2D eigenvalue weighted by Gasteiger charge is 2.37. The molecule has 2 aromatic carbocycles. The molecule has 3 amide bonds. The van der Waals surface area contributed by atoms with Gasteiger partial charge in [0, 0.05) is 12.2 Å². The standard InChI is InChI=1S/C32H47N3O4/c1-10-11-19-35(30(37)26(20-21(2)3)33-31(38)39-32(7,8)9)28(25-18-13-12-15-22(25)4)29(36)34-27-23(5)16-14-17-24(27)6/h12-18,21,26,28H,10-11,19-20H2,1-9H3,(H,33,38)(H,34,36). The van der Waals surface area contributed by atoms with Crippen molar-refractivity contribution in [3.8, 4) is 0 Å². The molecule has 7 heteroatoms. The van der Waals surface area contributed by atoms with Crippen LogP contribution in [-0.4, -0.2) is 41.0 Å². The number of aryl methyl sites for hydroxylation is 3. The minimum atomic E-state index is -0.876. The van der Waals surface area contributed by atoms with E-state index in [-0.39, 0.29) is 17.7 Å². The first kappa shape index (κ1) is 31.9. The summed E-state index contributed by atoms with van der Waals surface area (Å²) in [6.45, 7) is 17.6. The summed E-state index contributed by atoms with van der Waals surface area (Å²) in [5, 5.41) is 5.93. The molecule has 39 heavy (non-hydrogen) atoms. The molecule has 0 heterocycles. The third kappa shape index (κ3) is 9.41. The van der Waals surface area contributed by atoms with Gasteiger partial charge in [-0.05, 0) is 82.6 Å². The van der Waals surface area contributed by atoms with Crippen LogP contribution in [0.5, 0.6) is 0 Å². The molecule has 7 nitrogen and oxygen atoms in total. The Morgan fingerprint density at radius 2 is 1.51 bits per heavy atom. The summed E-state index contributed by atoms with van der Waals surface area (Å²) >= 11 is 0. The van der Waals surface area contributed by atoms with E-state index < -0.39 is 23.8 Å². The Kier molecular flexibility index (Phi) is 11.6. The molecule has 0 saturated heterocycles. The highest BCUT2D eigenvalue weighted by Crippen LogP contribution is 2.29. The number of nitrogens with one attached hydrogen (secondary N) is 2. The van der Waals surface area contributed by atoms with E-state index in [1.54, 1.807) is 25.7 Å². The Labute approximate surface area is 234 Å². The molecule has 0 radical (unpaired) electrons. The first-order valence-corrected chi connectivity index (χ1v) is 14.0. The molecule has 2 atom stereocenters. The zero-order valence-electron chi connectivity index (χ0n) is 25.2. The number of ether oxygens (including phenoxy) is 1. The van der Waals surface area contributed by atoms with E-state index in [4.69, 9.17) is 4.74 Å². The summed E-state index contributed by atoms with van der Waals surface area (Å²) in [6, 6.07) is 11.8. The predicted octanol–water partition coefficient (Wildman–Crippen LogP) is 6.86. The van der Waals surface area contributed by atoms with Crippen LogP contribution >= 0.6 is 0 Å². The van der Waals surface area contributed by atoms with Crippen LogP contribution in [-0.2, 0) is 14.3 Å². The van der Waals surface area contributed by atoms with Crippen molar-refractivity contribution < 1.29 is 19.1 Å². The summed E-state index contributed by atoms with van der Waals surface area (Å²) in [5.41, 5.74) is 3.60. The molecule has 0 bridgehead atoms. The van der Waals surface area contributed by atoms with Gasteiger partial charge in [0.05, 0.1) is 0 Å². The lowest BCUT2D eigenvalue weighted by Gasteiger charge is -2.35. The molecule has 2 aromatic rings. The van der Waals surface area contributed by atoms with E-state index in [0.717, 1.165) is 34.4 Å². The van der Waals surface area contributed by atoms with Crippen LogP contribution in [0.1, 0.15) is 89.1 Å². The third-order valence-electron chi connectivity index (χ3n) is 6.50. The number of carbonyl (C=O) groups is 3. The molecule has 2 unspecified atom stereocenters. The number of alkyl carbamates (subject to hydrolysis) is 1. The number of anilines is 1. The van der Waals surface area contributed by atoms with Crippen molar-refractivity contribution in [1.82, 2.24) is 10.2 Å². The van der Waals surface area contributed by atoms with Gasteiger partial charge in [-0.1, -0.05) is 69.7 Å². The van der Waals surface area contributed by atoms with Crippen molar-refractivity contribution >= 4 is 23.6 Å². The molecular formula is C32H47N3O4. The summed E-state index contributed by atoms with van der Waals surface area (Å²) in [6.07, 6.45) is 1.33. The van der Waals surface area contributed by atoms with E-state index in [2.05, 4.69) is 10.6 Å². The Hall–Kier alpha value is -3.35. The maximum Gasteiger partial charge on any atom is 0.408 e. The van der Waals surface area contributed by atoms with Crippen LogP contribution in [0.15, 0.2) is 42.5 Å². The van der Waals surface area contributed by atoms with Gasteiger partial charge in [-0.3, -0.25) is 9.59 Å². The summed E-state index contributed by atoms with van der Waals surface area (Å²) < 4.78 is 5.48. The van der Waals surface area contributed by atoms with Crippen LogP contribution in [0.2, 0.25) is 0 Å². The molecule has 0 aromatic heterocycles. The second kappa shape index (κ2) is 14.2. The van der Waals surface area contributed by atoms with Crippen molar-refractivity contribution in [2.45, 2.75) is 99.3 Å². The van der Waals surface area contributed by atoms with Crippen molar-refractivity contribution in [2.24, 2.45) is 5.92 Å². The highest BCUT2D eigenvalue weighted by atomic mass is 16.6. The van der Waals surface area contributed by atoms with Gasteiger partial charge in [0.1, 0.15) is 17.7 Å².